The Balaban J connectivity index is 1.78. The predicted octanol–water partition coefficient (Wildman–Crippen LogP) is 3.44. The van der Waals surface area contributed by atoms with Gasteiger partial charge in [0.25, 0.3) is 5.91 Å². The Labute approximate surface area is 145 Å². The number of ether oxygens (including phenoxy) is 2. The molecule has 2 heterocycles. The SMILES string of the molecule is CCO[C@@H]1COC[C@H]1NC(=O)c1cc(-c2ccccc2Cl)oc1C. The Morgan fingerprint density at radius 2 is 2.17 bits per heavy atom. The molecule has 6 heteroatoms. The molecular weight excluding hydrogens is 330 g/mol. The fraction of sp³-hybridized carbons (Fsp3) is 0.389. The van der Waals surface area contributed by atoms with Gasteiger partial charge in [-0.1, -0.05) is 23.7 Å². The Hall–Kier alpha value is -1.82. The lowest BCUT2D eigenvalue weighted by molar-refractivity contribution is 0.0402. The second-order valence-electron chi connectivity index (χ2n) is 5.67. The molecule has 2 atom stereocenters. The average molecular weight is 350 g/mol. The maximum atomic E-state index is 12.6. The zero-order chi connectivity index (χ0) is 17.1. The van der Waals surface area contributed by atoms with E-state index in [4.69, 9.17) is 25.5 Å². The maximum absolute atomic E-state index is 12.6. The van der Waals surface area contributed by atoms with Crippen LogP contribution in [0.4, 0.5) is 0 Å². The molecular formula is C18H20ClNO4. The lowest BCUT2D eigenvalue weighted by Gasteiger charge is -2.18. The van der Waals surface area contributed by atoms with Gasteiger partial charge in [-0.25, -0.2) is 0 Å². The third kappa shape index (κ3) is 3.48. The van der Waals surface area contributed by atoms with E-state index in [0.717, 1.165) is 5.56 Å². The molecule has 1 aromatic heterocycles. The van der Waals surface area contributed by atoms with Crippen LogP contribution in [0, 0.1) is 6.92 Å². The third-order valence-corrected chi connectivity index (χ3v) is 4.36. The number of carbonyl (C=O) groups excluding carboxylic acids is 1. The number of carbonyl (C=O) groups is 1. The van der Waals surface area contributed by atoms with Crippen molar-refractivity contribution in [1.82, 2.24) is 5.32 Å². The van der Waals surface area contributed by atoms with Crippen molar-refractivity contribution in [3.63, 3.8) is 0 Å². The summed E-state index contributed by atoms with van der Waals surface area (Å²) in [6, 6.07) is 8.94. The van der Waals surface area contributed by atoms with E-state index in [9.17, 15) is 4.79 Å². The highest BCUT2D eigenvalue weighted by molar-refractivity contribution is 6.33. The topological polar surface area (TPSA) is 60.7 Å². The van der Waals surface area contributed by atoms with Crippen molar-refractivity contribution in [3.8, 4) is 11.3 Å². The summed E-state index contributed by atoms with van der Waals surface area (Å²) in [5, 5.41) is 3.55. The van der Waals surface area contributed by atoms with Crippen LogP contribution in [0.5, 0.6) is 0 Å². The summed E-state index contributed by atoms with van der Waals surface area (Å²) in [6.45, 7) is 5.22. The molecule has 0 spiro atoms. The number of rotatable bonds is 5. The molecule has 0 bridgehead atoms. The number of halogens is 1. The fourth-order valence-electron chi connectivity index (χ4n) is 2.80. The van der Waals surface area contributed by atoms with Crippen molar-refractivity contribution < 1.29 is 18.7 Å². The van der Waals surface area contributed by atoms with Crippen LogP contribution in [0.1, 0.15) is 23.0 Å². The van der Waals surface area contributed by atoms with E-state index in [1.807, 2.05) is 25.1 Å². The molecule has 0 radical (unpaired) electrons. The van der Waals surface area contributed by atoms with Gasteiger partial charge in [0.1, 0.15) is 17.6 Å². The van der Waals surface area contributed by atoms with Gasteiger partial charge in [0.05, 0.1) is 29.8 Å². The van der Waals surface area contributed by atoms with Gasteiger partial charge >= 0.3 is 0 Å². The molecule has 1 aliphatic rings. The van der Waals surface area contributed by atoms with Gasteiger partial charge < -0.3 is 19.2 Å². The zero-order valence-electron chi connectivity index (χ0n) is 13.7. The van der Waals surface area contributed by atoms with E-state index >= 15 is 0 Å². The van der Waals surface area contributed by atoms with Crippen molar-refractivity contribution in [2.45, 2.75) is 26.0 Å². The quantitative estimate of drug-likeness (QED) is 0.898. The predicted molar refractivity (Wildman–Crippen MR) is 91.4 cm³/mol. The van der Waals surface area contributed by atoms with Gasteiger partial charge in [-0.05, 0) is 32.0 Å². The van der Waals surface area contributed by atoms with Crippen LogP contribution in [0.2, 0.25) is 5.02 Å². The van der Waals surface area contributed by atoms with Crippen LogP contribution >= 0.6 is 11.6 Å². The summed E-state index contributed by atoms with van der Waals surface area (Å²) >= 11 is 6.20. The number of nitrogens with one attached hydrogen (secondary N) is 1. The lowest BCUT2D eigenvalue weighted by Crippen LogP contribution is -2.43. The number of amides is 1. The summed E-state index contributed by atoms with van der Waals surface area (Å²) in [5.74, 6) is 0.927. The molecule has 1 N–H and O–H groups in total. The Morgan fingerprint density at radius 1 is 1.38 bits per heavy atom. The largest absolute Gasteiger partial charge is 0.460 e. The monoisotopic (exact) mass is 349 g/mol. The highest BCUT2D eigenvalue weighted by Crippen LogP contribution is 2.31. The normalized spacial score (nSPS) is 20.3. The second kappa shape index (κ2) is 7.38. The van der Waals surface area contributed by atoms with E-state index in [2.05, 4.69) is 5.32 Å². The molecule has 24 heavy (non-hydrogen) atoms. The van der Waals surface area contributed by atoms with E-state index in [0.29, 0.717) is 41.9 Å². The van der Waals surface area contributed by atoms with Crippen LogP contribution in [-0.2, 0) is 9.47 Å². The highest BCUT2D eigenvalue weighted by atomic mass is 35.5. The van der Waals surface area contributed by atoms with E-state index < -0.39 is 0 Å². The first-order valence-electron chi connectivity index (χ1n) is 7.95. The number of benzene rings is 1. The fourth-order valence-corrected chi connectivity index (χ4v) is 3.02. The molecule has 2 aromatic rings. The van der Waals surface area contributed by atoms with Gasteiger partial charge in [-0.3, -0.25) is 4.79 Å². The van der Waals surface area contributed by atoms with Crippen molar-refractivity contribution in [2.75, 3.05) is 19.8 Å². The Kier molecular flexibility index (Phi) is 5.23. The summed E-state index contributed by atoms with van der Waals surface area (Å²) in [4.78, 5) is 12.6. The molecule has 5 nitrogen and oxygen atoms in total. The summed E-state index contributed by atoms with van der Waals surface area (Å²) in [5.41, 5.74) is 1.25. The van der Waals surface area contributed by atoms with Crippen molar-refractivity contribution >= 4 is 17.5 Å². The number of hydrogen-bond donors (Lipinski definition) is 1. The van der Waals surface area contributed by atoms with E-state index in [1.165, 1.54) is 0 Å². The first-order chi connectivity index (χ1) is 11.6. The van der Waals surface area contributed by atoms with Crippen LogP contribution in [-0.4, -0.2) is 37.9 Å². The molecule has 0 unspecified atom stereocenters. The smallest absolute Gasteiger partial charge is 0.255 e. The zero-order valence-corrected chi connectivity index (χ0v) is 14.4. The minimum Gasteiger partial charge on any atom is -0.460 e. The maximum Gasteiger partial charge on any atom is 0.255 e. The molecule has 1 saturated heterocycles. The van der Waals surface area contributed by atoms with Gasteiger partial charge in [-0.15, -0.1) is 0 Å². The Bertz CT molecular complexity index is 728. The van der Waals surface area contributed by atoms with Gasteiger partial charge in [0, 0.05) is 12.2 Å². The third-order valence-electron chi connectivity index (χ3n) is 4.03. The molecule has 0 saturated carbocycles. The second-order valence-corrected chi connectivity index (χ2v) is 6.08. The van der Waals surface area contributed by atoms with Crippen molar-refractivity contribution in [3.05, 3.63) is 46.7 Å². The number of furan rings is 1. The van der Waals surface area contributed by atoms with Crippen LogP contribution < -0.4 is 5.32 Å². The first-order valence-corrected chi connectivity index (χ1v) is 8.33. The summed E-state index contributed by atoms with van der Waals surface area (Å²) < 4.78 is 16.7. The minimum absolute atomic E-state index is 0.116. The summed E-state index contributed by atoms with van der Waals surface area (Å²) in [7, 11) is 0. The summed E-state index contributed by atoms with van der Waals surface area (Å²) in [6.07, 6.45) is -0.116. The lowest BCUT2D eigenvalue weighted by atomic mass is 10.1. The minimum atomic E-state index is -0.199. The van der Waals surface area contributed by atoms with Crippen molar-refractivity contribution in [1.29, 1.82) is 0 Å². The number of aryl methyl sites for hydroxylation is 1. The molecule has 3 rings (SSSR count). The van der Waals surface area contributed by atoms with Crippen molar-refractivity contribution in [2.24, 2.45) is 0 Å². The molecule has 128 valence electrons. The highest BCUT2D eigenvalue weighted by Gasteiger charge is 2.31. The standard InChI is InChI=1S/C18H20ClNO4/c1-3-23-17-10-22-9-15(17)20-18(21)13-8-16(24-11(13)2)12-6-4-5-7-14(12)19/h4-8,15,17H,3,9-10H2,1-2H3,(H,20,21)/t15-,17-/m1/s1. The van der Waals surface area contributed by atoms with Crippen LogP contribution in [0.3, 0.4) is 0 Å². The molecule has 1 aliphatic heterocycles. The van der Waals surface area contributed by atoms with Gasteiger partial charge in [-0.2, -0.15) is 0 Å². The molecule has 1 fully saturated rings. The first kappa shape index (κ1) is 17.0. The van der Waals surface area contributed by atoms with Crippen LogP contribution in [0.15, 0.2) is 34.7 Å². The van der Waals surface area contributed by atoms with Gasteiger partial charge in [0.2, 0.25) is 0 Å². The molecule has 1 aromatic carbocycles. The van der Waals surface area contributed by atoms with Crippen LogP contribution in [0.25, 0.3) is 11.3 Å². The molecule has 1 amide bonds. The number of hydrogen-bond acceptors (Lipinski definition) is 4. The van der Waals surface area contributed by atoms with Gasteiger partial charge in [0.15, 0.2) is 0 Å². The molecule has 0 aliphatic carbocycles. The Morgan fingerprint density at radius 3 is 2.92 bits per heavy atom. The van der Waals surface area contributed by atoms with E-state index in [1.54, 1.807) is 19.1 Å². The van der Waals surface area contributed by atoms with E-state index in [-0.39, 0.29) is 18.1 Å². The average Bonchev–Trinajstić information content (AvgIpc) is 3.15.